The Kier molecular flexibility index (Phi) is 4.10. The van der Waals surface area contributed by atoms with Gasteiger partial charge in [0.2, 0.25) is 0 Å². The normalized spacial score (nSPS) is 25.6. The van der Waals surface area contributed by atoms with Crippen molar-refractivity contribution in [2.45, 2.75) is 32.3 Å². The van der Waals surface area contributed by atoms with Gasteiger partial charge in [-0.2, -0.15) is 0 Å². The second-order valence-corrected chi connectivity index (χ2v) is 6.06. The van der Waals surface area contributed by atoms with Crippen molar-refractivity contribution >= 4 is 21.8 Å². The maximum Gasteiger partial charge on any atom is 0.254 e. The molecule has 1 saturated heterocycles. The Bertz CT molecular complexity index is 520. The Morgan fingerprint density at radius 1 is 1.35 bits per heavy atom. The summed E-state index contributed by atoms with van der Waals surface area (Å²) >= 11 is 3.43. The number of hydrogen-bond donors (Lipinski definition) is 0. The maximum absolute atomic E-state index is 12.6. The highest BCUT2D eigenvalue weighted by molar-refractivity contribution is 9.09. The fourth-order valence-corrected chi connectivity index (χ4v) is 3.14. The Balaban J connectivity index is 1.78. The summed E-state index contributed by atoms with van der Waals surface area (Å²) in [5, 5.41) is 0.749. The average molecular weight is 340 g/mol. The molecule has 2 aliphatic rings. The zero-order valence-corrected chi connectivity index (χ0v) is 13.1. The number of alkyl halides is 1. The lowest BCUT2D eigenvalue weighted by molar-refractivity contribution is -0.0559. The van der Waals surface area contributed by atoms with E-state index in [0.717, 1.165) is 16.5 Å². The van der Waals surface area contributed by atoms with E-state index in [1.165, 1.54) is 5.56 Å². The predicted molar refractivity (Wildman–Crippen MR) is 79.0 cm³/mol. The number of rotatable bonds is 2. The van der Waals surface area contributed by atoms with Crippen LogP contribution in [0.4, 0.5) is 0 Å². The van der Waals surface area contributed by atoms with Crippen LogP contribution in [0.25, 0.3) is 0 Å². The van der Waals surface area contributed by atoms with Gasteiger partial charge in [0.25, 0.3) is 5.91 Å². The number of nitrogens with zero attached hydrogens (tertiary/aromatic N) is 1. The van der Waals surface area contributed by atoms with Crippen molar-refractivity contribution in [3.63, 3.8) is 0 Å². The SMILES string of the molecule is CC1CN(C(=O)c2ccc3c(c2)COC3)CC(CBr)O1. The van der Waals surface area contributed by atoms with Crippen molar-refractivity contribution in [2.24, 2.45) is 0 Å². The smallest absolute Gasteiger partial charge is 0.254 e. The van der Waals surface area contributed by atoms with Crippen molar-refractivity contribution in [2.75, 3.05) is 18.4 Å². The minimum absolute atomic E-state index is 0.0699. The number of morpholine rings is 1. The number of hydrogen-bond acceptors (Lipinski definition) is 3. The summed E-state index contributed by atoms with van der Waals surface area (Å²) in [5.74, 6) is 0.0841. The summed E-state index contributed by atoms with van der Waals surface area (Å²) in [6.45, 7) is 4.56. The van der Waals surface area contributed by atoms with Gasteiger partial charge in [-0.1, -0.05) is 22.0 Å². The molecule has 0 spiro atoms. The van der Waals surface area contributed by atoms with E-state index in [1.807, 2.05) is 30.0 Å². The van der Waals surface area contributed by atoms with Crippen LogP contribution in [0, 0.1) is 0 Å². The number of halogens is 1. The molecule has 0 aromatic heterocycles. The maximum atomic E-state index is 12.6. The van der Waals surface area contributed by atoms with Crippen molar-refractivity contribution < 1.29 is 14.3 Å². The standard InChI is InChI=1S/C15H18BrNO3/c1-10-6-17(7-14(5-16)20-10)15(18)11-2-3-12-8-19-9-13(12)4-11/h2-4,10,14H,5-9H2,1H3. The van der Waals surface area contributed by atoms with Gasteiger partial charge in [0.15, 0.2) is 0 Å². The minimum atomic E-state index is 0.0699. The topological polar surface area (TPSA) is 38.8 Å². The van der Waals surface area contributed by atoms with Crippen LogP contribution in [0.3, 0.4) is 0 Å². The molecule has 3 rings (SSSR count). The van der Waals surface area contributed by atoms with E-state index in [-0.39, 0.29) is 18.1 Å². The molecule has 5 heteroatoms. The predicted octanol–water partition coefficient (Wildman–Crippen LogP) is 2.34. The van der Waals surface area contributed by atoms with Crippen molar-refractivity contribution in [1.29, 1.82) is 0 Å². The quantitative estimate of drug-likeness (QED) is 0.776. The Labute approximate surface area is 127 Å². The number of carbonyl (C=O) groups is 1. The highest BCUT2D eigenvalue weighted by Crippen LogP contribution is 2.22. The van der Waals surface area contributed by atoms with Crippen LogP contribution in [0.2, 0.25) is 0 Å². The minimum Gasteiger partial charge on any atom is -0.372 e. The van der Waals surface area contributed by atoms with E-state index < -0.39 is 0 Å². The fourth-order valence-electron chi connectivity index (χ4n) is 2.78. The van der Waals surface area contributed by atoms with Crippen LogP contribution in [0.15, 0.2) is 18.2 Å². The van der Waals surface area contributed by atoms with Crippen molar-refractivity contribution in [3.05, 3.63) is 34.9 Å². The average Bonchev–Trinajstić information content (AvgIpc) is 2.93. The van der Waals surface area contributed by atoms with Crippen LogP contribution in [-0.2, 0) is 22.7 Å². The molecule has 4 nitrogen and oxygen atoms in total. The third-order valence-corrected chi connectivity index (χ3v) is 4.48. The molecule has 0 radical (unpaired) electrons. The third-order valence-electron chi connectivity index (χ3n) is 3.75. The van der Waals surface area contributed by atoms with Gasteiger partial charge in [-0.25, -0.2) is 0 Å². The summed E-state index contributed by atoms with van der Waals surface area (Å²) in [6, 6.07) is 5.87. The second kappa shape index (κ2) is 5.84. The van der Waals surface area contributed by atoms with E-state index in [0.29, 0.717) is 26.3 Å². The fraction of sp³-hybridized carbons (Fsp3) is 0.533. The summed E-state index contributed by atoms with van der Waals surface area (Å²) in [5.41, 5.74) is 3.07. The Hall–Kier alpha value is -0.910. The van der Waals surface area contributed by atoms with Gasteiger partial charge in [0, 0.05) is 24.0 Å². The first-order valence-electron chi connectivity index (χ1n) is 6.87. The summed E-state index contributed by atoms with van der Waals surface area (Å²) in [4.78, 5) is 14.5. The van der Waals surface area contributed by atoms with Crippen molar-refractivity contribution in [1.82, 2.24) is 4.90 Å². The van der Waals surface area contributed by atoms with Gasteiger partial charge in [-0.05, 0) is 30.2 Å². The number of benzene rings is 1. The number of amides is 1. The Morgan fingerprint density at radius 2 is 2.15 bits per heavy atom. The largest absolute Gasteiger partial charge is 0.372 e. The lowest BCUT2D eigenvalue weighted by Crippen LogP contribution is -2.49. The first-order valence-corrected chi connectivity index (χ1v) is 7.99. The van der Waals surface area contributed by atoms with E-state index >= 15 is 0 Å². The molecule has 0 bridgehead atoms. The molecule has 1 fully saturated rings. The molecule has 20 heavy (non-hydrogen) atoms. The lowest BCUT2D eigenvalue weighted by atomic mass is 10.0. The van der Waals surface area contributed by atoms with E-state index in [1.54, 1.807) is 0 Å². The molecule has 2 atom stereocenters. The first-order chi connectivity index (χ1) is 9.67. The summed E-state index contributed by atoms with van der Waals surface area (Å²) < 4.78 is 11.2. The molecule has 1 aromatic carbocycles. The molecule has 2 heterocycles. The van der Waals surface area contributed by atoms with Gasteiger partial charge in [0.1, 0.15) is 0 Å². The van der Waals surface area contributed by atoms with Gasteiger partial charge >= 0.3 is 0 Å². The number of ether oxygens (including phenoxy) is 2. The second-order valence-electron chi connectivity index (χ2n) is 5.41. The van der Waals surface area contributed by atoms with Gasteiger partial charge in [0.05, 0.1) is 25.4 Å². The van der Waals surface area contributed by atoms with Crippen LogP contribution in [-0.4, -0.2) is 41.4 Å². The zero-order valence-electron chi connectivity index (χ0n) is 11.5. The highest BCUT2D eigenvalue weighted by atomic mass is 79.9. The van der Waals surface area contributed by atoms with Crippen LogP contribution >= 0.6 is 15.9 Å². The van der Waals surface area contributed by atoms with E-state index in [4.69, 9.17) is 9.47 Å². The third kappa shape index (κ3) is 2.75. The summed E-state index contributed by atoms with van der Waals surface area (Å²) in [6.07, 6.45) is 0.147. The van der Waals surface area contributed by atoms with E-state index in [2.05, 4.69) is 15.9 Å². The van der Waals surface area contributed by atoms with Gasteiger partial charge in [-0.3, -0.25) is 4.79 Å². The van der Waals surface area contributed by atoms with E-state index in [9.17, 15) is 4.79 Å². The number of fused-ring (bicyclic) bond motifs is 1. The molecule has 1 aromatic rings. The van der Waals surface area contributed by atoms with Crippen molar-refractivity contribution in [3.8, 4) is 0 Å². The van der Waals surface area contributed by atoms with Gasteiger partial charge < -0.3 is 14.4 Å². The molecule has 2 aliphatic heterocycles. The Morgan fingerprint density at radius 3 is 2.95 bits per heavy atom. The molecule has 2 unspecified atom stereocenters. The lowest BCUT2D eigenvalue weighted by Gasteiger charge is -2.36. The highest BCUT2D eigenvalue weighted by Gasteiger charge is 2.28. The molecular formula is C15H18BrNO3. The molecule has 1 amide bonds. The van der Waals surface area contributed by atoms with Crippen LogP contribution in [0.1, 0.15) is 28.4 Å². The first kappa shape index (κ1) is 14.0. The molecule has 0 aliphatic carbocycles. The monoisotopic (exact) mass is 339 g/mol. The molecule has 0 N–H and O–H groups in total. The van der Waals surface area contributed by atoms with Crippen LogP contribution < -0.4 is 0 Å². The molecule has 108 valence electrons. The molecule has 0 saturated carbocycles. The molecular weight excluding hydrogens is 322 g/mol. The van der Waals surface area contributed by atoms with Gasteiger partial charge in [-0.15, -0.1) is 0 Å². The zero-order chi connectivity index (χ0) is 14.1. The van der Waals surface area contributed by atoms with Crippen LogP contribution in [0.5, 0.6) is 0 Å². The summed E-state index contributed by atoms with van der Waals surface area (Å²) in [7, 11) is 0. The number of carbonyl (C=O) groups excluding carboxylic acids is 1.